The molecule has 0 unspecified atom stereocenters. The number of urea groups is 2. The average molecular weight is 833 g/mol. The fourth-order valence-electron chi connectivity index (χ4n) is 8.50. The maximum Gasteiger partial charge on any atom is 0.315 e. The van der Waals surface area contributed by atoms with Gasteiger partial charge in [-0.1, -0.05) is 109 Å². The quantitative estimate of drug-likeness (QED) is 0.0698. The Hall–Kier alpha value is -7.22. The maximum atomic E-state index is 14.0. The second kappa shape index (κ2) is 19.0. The average Bonchev–Trinajstić information content (AvgIpc) is 4.16. The number of hydrogen-bond acceptors (Lipinski definition) is 6. The molecule has 0 spiro atoms. The Morgan fingerprint density at radius 1 is 0.565 bits per heavy atom. The highest BCUT2D eigenvalue weighted by molar-refractivity contribution is 5.89. The van der Waals surface area contributed by atoms with Crippen molar-refractivity contribution in [1.29, 1.82) is 0 Å². The number of hydrogen-bond donors (Lipinski definition) is 6. The first kappa shape index (κ1) is 41.5. The van der Waals surface area contributed by atoms with Gasteiger partial charge in [-0.2, -0.15) is 0 Å². The molecule has 14 heteroatoms. The summed E-state index contributed by atoms with van der Waals surface area (Å²) in [4.78, 5) is 73.3. The standard InChI is InChI=1S/C48H52N10O4/c1-3-49-47(61)55-41(35-13-7-5-8-14-35)45(59)57-27-11-17-39(57)43-51-29-37(53-43)33-23-19-31(20-24-33)32-21-25-34(26-22-32)38-30-52-44(54-38)40-18-12-28-58(40)46(60)42(56-48(62)50-4-2)36-15-9-6-10-16-36/h5-10,13-16,19-26,29-30,39-42H,3-4,11-12,17-18,27-28H2,1-2H3,(H,51,53)(H,52,54)(H2,49,55,61)(H2,50,56,62)/t39-,40-,41+,42+/m0/s1. The molecule has 6 aromatic rings. The number of aromatic nitrogens is 4. The molecule has 6 amide bonds. The number of nitrogens with zero attached hydrogens (tertiary/aromatic N) is 4. The number of nitrogens with one attached hydrogen (secondary N) is 6. The third-order valence-corrected chi connectivity index (χ3v) is 11.6. The normalized spacial score (nSPS) is 17.0. The van der Waals surface area contributed by atoms with E-state index in [1.165, 1.54) is 0 Å². The monoisotopic (exact) mass is 832 g/mol. The van der Waals surface area contributed by atoms with E-state index >= 15 is 0 Å². The number of rotatable bonds is 13. The first-order valence-electron chi connectivity index (χ1n) is 21.4. The largest absolute Gasteiger partial charge is 0.340 e. The van der Waals surface area contributed by atoms with Gasteiger partial charge in [0.1, 0.15) is 23.7 Å². The second-order valence-electron chi connectivity index (χ2n) is 15.6. The van der Waals surface area contributed by atoms with Gasteiger partial charge in [0.25, 0.3) is 0 Å². The van der Waals surface area contributed by atoms with Gasteiger partial charge in [-0.05, 0) is 72.9 Å². The Morgan fingerprint density at radius 2 is 0.935 bits per heavy atom. The van der Waals surface area contributed by atoms with Crippen molar-refractivity contribution in [2.45, 2.75) is 63.7 Å². The van der Waals surface area contributed by atoms with E-state index in [0.29, 0.717) is 26.2 Å². The number of likely N-dealkylation sites (tertiary alicyclic amines) is 2. The minimum Gasteiger partial charge on any atom is -0.340 e. The number of benzene rings is 4. The summed E-state index contributed by atoms with van der Waals surface area (Å²) < 4.78 is 0. The van der Waals surface area contributed by atoms with Crippen LogP contribution >= 0.6 is 0 Å². The Balaban J connectivity index is 0.924. The van der Waals surface area contributed by atoms with Crippen molar-refractivity contribution in [1.82, 2.24) is 51.0 Å². The molecule has 318 valence electrons. The van der Waals surface area contributed by atoms with E-state index in [1.54, 1.807) is 0 Å². The van der Waals surface area contributed by atoms with Gasteiger partial charge in [-0.15, -0.1) is 0 Å². The van der Waals surface area contributed by atoms with Crippen molar-refractivity contribution in [3.8, 4) is 33.6 Å². The van der Waals surface area contributed by atoms with Crippen LogP contribution < -0.4 is 21.3 Å². The molecule has 0 aliphatic carbocycles. The molecule has 0 bridgehead atoms. The van der Waals surface area contributed by atoms with E-state index in [9.17, 15) is 19.2 Å². The summed E-state index contributed by atoms with van der Waals surface area (Å²) in [5.41, 5.74) is 7.21. The molecule has 6 N–H and O–H groups in total. The SMILES string of the molecule is CCNC(=O)N[C@@H](C(=O)N1CCC[C@H]1c1ncc(-c2ccc(-c3ccc(-c4cnc([C@@H]5CCCN5C(=O)[C@H](NC(=O)NCC)c5ccccc5)[nH]4)cc3)cc2)[nH]1)c1ccccc1. The van der Waals surface area contributed by atoms with Gasteiger partial charge in [0, 0.05) is 26.2 Å². The Labute approximate surface area is 360 Å². The van der Waals surface area contributed by atoms with E-state index in [1.807, 2.05) is 96.7 Å². The summed E-state index contributed by atoms with van der Waals surface area (Å²) in [5, 5.41) is 11.2. The first-order valence-corrected chi connectivity index (χ1v) is 21.4. The topological polar surface area (TPSA) is 180 Å². The van der Waals surface area contributed by atoms with E-state index < -0.39 is 12.1 Å². The van der Waals surface area contributed by atoms with Crippen molar-refractivity contribution in [3.63, 3.8) is 0 Å². The third kappa shape index (κ3) is 9.09. The fraction of sp³-hybridized carbons (Fsp3) is 0.292. The smallest absolute Gasteiger partial charge is 0.315 e. The number of H-pyrrole nitrogens is 2. The van der Waals surface area contributed by atoms with Gasteiger partial charge in [0.15, 0.2) is 0 Å². The van der Waals surface area contributed by atoms with Gasteiger partial charge < -0.3 is 41.0 Å². The molecule has 2 fully saturated rings. The number of carbonyl (C=O) groups is 4. The van der Waals surface area contributed by atoms with Gasteiger partial charge in [0.2, 0.25) is 11.8 Å². The summed E-state index contributed by atoms with van der Waals surface area (Å²) in [6, 6.07) is 32.3. The van der Waals surface area contributed by atoms with E-state index in [2.05, 4.69) is 79.8 Å². The maximum absolute atomic E-state index is 14.0. The van der Waals surface area contributed by atoms with Crippen LogP contribution in [0, 0.1) is 0 Å². The summed E-state index contributed by atoms with van der Waals surface area (Å²) in [6.45, 7) is 5.73. The number of carbonyl (C=O) groups excluding carboxylic acids is 4. The molecule has 2 aliphatic heterocycles. The second-order valence-corrected chi connectivity index (χ2v) is 15.6. The highest BCUT2D eigenvalue weighted by Gasteiger charge is 2.38. The van der Waals surface area contributed by atoms with Crippen LogP contribution in [0.25, 0.3) is 33.6 Å². The lowest BCUT2D eigenvalue weighted by Crippen LogP contribution is -2.46. The van der Waals surface area contributed by atoms with Crippen LogP contribution in [0.2, 0.25) is 0 Å². The highest BCUT2D eigenvalue weighted by Crippen LogP contribution is 2.36. The van der Waals surface area contributed by atoms with Crippen molar-refractivity contribution >= 4 is 23.9 Å². The molecule has 0 saturated carbocycles. The van der Waals surface area contributed by atoms with E-state index in [4.69, 9.17) is 9.97 Å². The zero-order chi connectivity index (χ0) is 43.0. The summed E-state index contributed by atoms with van der Waals surface area (Å²) in [7, 11) is 0. The third-order valence-electron chi connectivity index (χ3n) is 11.6. The van der Waals surface area contributed by atoms with Crippen LogP contribution in [0.3, 0.4) is 0 Å². The zero-order valence-corrected chi connectivity index (χ0v) is 34.9. The minimum atomic E-state index is -0.819. The Bertz CT molecular complexity index is 2300. The molecule has 62 heavy (non-hydrogen) atoms. The van der Waals surface area contributed by atoms with Crippen LogP contribution in [-0.4, -0.2) is 79.8 Å². The van der Waals surface area contributed by atoms with Gasteiger partial charge >= 0.3 is 12.1 Å². The van der Waals surface area contributed by atoms with Crippen LogP contribution in [0.15, 0.2) is 122 Å². The molecule has 2 saturated heterocycles. The molecular formula is C48H52N10O4. The Kier molecular flexibility index (Phi) is 12.7. The molecule has 0 radical (unpaired) electrons. The van der Waals surface area contributed by atoms with Crippen LogP contribution in [-0.2, 0) is 9.59 Å². The zero-order valence-electron chi connectivity index (χ0n) is 34.9. The molecular weight excluding hydrogens is 781 g/mol. The van der Waals surface area contributed by atoms with Crippen LogP contribution in [0.5, 0.6) is 0 Å². The van der Waals surface area contributed by atoms with Crippen molar-refractivity contribution in [3.05, 3.63) is 144 Å². The van der Waals surface area contributed by atoms with Gasteiger partial charge in [0.05, 0.1) is 35.9 Å². The number of imidazole rings is 2. The highest BCUT2D eigenvalue weighted by atomic mass is 16.2. The first-order chi connectivity index (χ1) is 30.3. The molecule has 2 aliphatic rings. The van der Waals surface area contributed by atoms with Crippen molar-refractivity contribution in [2.24, 2.45) is 0 Å². The summed E-state index contributed by atoms with van der Waals surface area (Å²) in [6.07, 6.45) is 6.82. The van der Waals surface area contributed by atoms with Crippen molar-refractivity contribution in [2.75, 3.05) is 26.2 Å². The summed E-state index contributed by atoms with van der Waals surface area (Å²) in [5.74, 6) is 1.10. The molecule has 8 rings (SSSR count). The lowest BCUT2D eigenvalue weighted by molar-refractivity contribution is -0.135. The van der Waals surface area contributed by atoms with Gasteiger partial charge in [-0.25, -0.2) is 19.6 Å². The minimum absolute atomic E-state index is 0.167. The van der Waals surface area contributed by atoms with Crippen molar-refractivity contribution < 1.29 is 19.2 Å². The number of aromatic amines is 2. The fourth-order valence-corrected chi connectivity index (χ4v) is 8.50. The van der Waals surface area contributed by atoms with E-state index in [-0.39, 0.29) is 36.0 Å². The number of amides is 6. The lowest BCUT2D eigenvalue weighted by atomic mass is 10.0. The Morgan fingerprint density at radius 3 is 1.31 bits per heavy atom. The van der Waals surface area contributed by atoms with Gasteiger partial charge in [-0.3, -0.25) is 9.59 Å². The summed E-state index contributed by atoms with van der Waals surface area (Å²) >= 11 is 0. The predicted molar refractivity (Wildman–Crippen MR) is 237 cm³/mol. The van der Waals surface area contributed by atoms with Crippen LogP contribution in [0.4, 0.5) is 9.59 Å². The van der Waals surface area contributed by atoms with E-state index in [0.717, 1.165) is 82.1 Å². The predicted octanol–water partition coefficient (Wildman–Crippen LogP) is 7.58. The lowest BCUT2D eigenvalue weighted by Gasteiger charge is -2.28. The molecule has 4 atom stereocenters. The molecule has 4 heterocycles. The molecule has 14 nitrogen and oxygen atoms in total. The molecule has 2 aromatic heterocycles. The van der Waals surface area contributed by atoms with Crippen LogP contribution in [0.1, 0.15) is 86.5 Å². The molecule has 4 aromatic carbocycles.